The van der Waals surface area contributed by atoms with Gasteiger partial charge in [-0.2, -0.15) is 4.99 Å². The molecule has 0 atom stereocenters. The van der Waals surface area contributed by atoms with Crippen LogP contribution in [0.25, 0.3) is 10.2 Å². The van der Waals surface area contributed by atoms with E-state index in [1.807, 2.05) is 23.1 Å². The number of nitrogens with zero attached hydrogens (tertiary/aromatic N) is 2. The number of rotatable bonds is 1. The molecule has 2 heterocycles. The van der Waals surface area contributed by atoms with E-state index in [0.29, 0.717) is 4.88 Å². The van der Waals surface area contributed by atoms with Gasteiger partial charge in [0.25, 0.3) is 5.91 Å². The molecular weight excluding hydrogens is 288 g/mol. The number of carbonyl (C=O) groups is 1. The lowest BCUT2D eigenvalue weighted by molar-refractivity contribution is 0.100. The number of aromatic nitrogens is 1. The lowest BCUT2D eigenvalue weighted by Gasteiger charge is -2.03. The monoisotopic (exact) mass is 302 g/mol. The predicted octanol–water partition coefficient (Wildman–Crippen LogP) is 3.66. The third-order valence-corrected chi connectivity index (χ3v) is 5.37. The topological polar surface area (TPSA) is 34.4 Å². The van der Waals surface area contributed by atoms with Gasteiger partial charge in [-0.05, 0) is 42.5 Å². The van der Waals surface area contributed by atoms with Gasteiger partial charge in [-0.25, -0.2) is 0 Å². The molecule has 0 bridgehead atoms. The summed E-state index contributed by atoms with van der Waals surface area (Å²) in [5.41, 5.74) is 3.65. The highest BCUT2D eigenvalue weighted by Gasteiger charge is 2.10. The van der Waals surface area contributed by atoms with Crippen LogP contribution in [0, 0.1) is 13.8 Å². The summed E-state index contributed by atoms with van der Waals surface area (Å²) >= 11 is 2.97. The van der Waals surface area contributed by atoms with Crippen LogP contribution in [-0.4, -0.2) is 10.5 Å². The highest BCUT2D eigenvalue weighted by molar-refractivity contribution is 7.16. The summed E-state index contributed by atoms with van der Waals surface area (Å²) in [4.78, 5) is 17.8. The number of aryl methyl sites for hydroxylation is 3. The van der Waals surface area contributed by atoms with E-state index < -0.39 is 0 Å². The average Bonchev–Trinajstić information content (AvgIpc) is 3.04. The largest absolute Gasteiger partial charge is 0.319 e. The van der Waals surface area contributed by atoms with Crippen molar-refractivity contribution in [1.82, 2.24) is 4.57 Å². The number of thiazole rings is 1. The lowest BCUT2D eigenvalue weighted by atomic mass is 10.1. The van der Waals surface area contributed by atoms with E-state index in [4.69, 9.17) is 0 Å². The minimum atomic E-state index is -0.170. The molecule has 20 heavy (non-hydrogen) atoms. The first-order valence-electron chi connectivity index (χ1n) is 6.26. The SMILES string of the molecule is Cc1ccc2sc(=NC(=O)c3cccs3)n(C)c2c1C. The smallest absolute Gasteiger partial charge is 0.289 e. The van der Waals surface area contributed by atoms with Gasteiger partial charge in [0.05, 0.1) is 15.1 Å². The second-order valence-corrected chi connectivity index (χ2v) is 6.65. The van der Waals surface area contributed by atoms with Crippen LogP contribution < -0.4 is 4.80 Å². The first-order chi connectivity index (χ1) is 9.58. The Bertz CT molecular complexity index is 854. The Labute approximate surface area is 124 Å². The van der Waals surface area contributed by atoms with Crippen LogP contribution in [0.2, 0.25) is 0 Å². The summed E-state index contributed by atoms with van der Waals surface area (Å²) in [6.07, 6.45) is 0. The van der Waals surface area contributed by atoms with Crippen molar-refractivity contribution in [1.29, 1.82) is 0 Å². The summed E-state index contributed by atoms with van der Waals surface area (Å²) < 4.78 is 3.17. The summed E-state index contributed by atoms with van der Waals surface area (Å²) in [7, 11) is 1.96. The molecule has 0 aliphatic carbocycles. The zero-order valence-corrected chi connectivity index (χ0v) is 13.1. The first-order valence-corrected chi connectivity index (χ1v) is 7.96. The minimum Gasteiger partial charge on any atom is -0.319 e. The van der Waals surface area contributed by atoms with Crippen molar-refractivity contribution in [3.05, 3.63) is 50.5 Å². The van der Waals surface area contributed by atoms with Crippen LogP contribution in [0.5, 0.6) is 0 Å². The molecule has 102 valence electrons. The van der Waals surface area contributed by atoms with Crippen LogP contribution in [-0.2, 0) is 7.05 Å². The van der Waals surface area contributed by atoms with Gasteiger partial charge in [0.15, 0.2) is 4.80 Å². The number of fused-ring (bicyclic) bond motifs is 1. The molecular formula is C15H14N2OS2. The minimum absolute atomic E-state index is 0.170. The van der Waals surface area contributed by atoms with Crippen molar-refractivity contribution in [3.63, 3.8) is 0 Å². The third kappa shape index (κ3) is 2.13. The van der Waals surface area contributed by atoms with Gasteiger partial charge in [0.1, 0.15) is 0 Å². The maximum atomic E-state index is 12.1. The van der Waals surface area contributed by atoms with E-state index in [9.17, 15) is 4.79 Å². The number of amides is 1. The van der Waals surface area contributed by atoms with Gasteiger partial charge in [0, 0.05) is 7.05 Å². The molecule has 0 saturated carbocycles. The van der Waals surface area contributed by atoms with Crippen LogP contribution >= 0.6 is 22.7 Å². The van der Waals surface area contributed by atoms with Crippen molar-refractivity contribution in [2.24, 2.45) is 12.0 Å². The van der Waals surface area contributed by atoms with Gasteiger partial charge in [-0.1, -0.05) is 23.5 Å². The molecule has 0 radical (unpaired) electrons. The fourth-order valence-corrected chi connectivity index (χ4v) is 3.86. The highest BCUT2D eigenvalue weighted by atomic mass is 32.1. The van der Waals surface area contributed by atoms with Crippen molar-refractivity contribution in [2.75, 3.05) is 0 Å². The highest BCUT2D eigenvalue weighted by Crippen LogP contribution is 2.23. The van der Waals surface area contributed by atoms with Crippen LogP contribution in [0.15, 0.2) is 34.6 Å². The predicted molar refractivity (Wildman–Crippen MR) is 84.5 cm³/mol. The molecule has 0 saturated heterocycles. The van der Waals surface area contributed by atoms with E-state index in [0.717, 1.165) is 15.0 Å². The average molecular weight is 302 g/mol. The van der Waals surface area contributed by atoms with Crippen molar-refractivity contribution < 1.29 is 4.79 Å². The molecule has 1 aromatic carbocycles. The number of thiophene rings is 1. The van der Waals surface area contributed by atoms with Crippen molar-refractivity contribution in [3.8, 4) is 0 Å². The molecule has 3 rings (SSSR count). The van der Waals surface area contributed by atoms with E-state index in [-0.39, 0.29) is 5.91 Å². The van der Waals surface area contributed by atoms with Crippen LogP contribution in [0.1, 0.15) is 20.8 Å². The first kappa shape index (κ1) is 13.3. The van der Waals surface area contributed by atoms with Gasteiger partial charge >= 0.3 is 0 Å². The molecule has 5 heteroatoms. The molecule has 0 fully saturated rings. The number of hydrogen-bond donors (Lipinski definition) is 0. The second kappa shape index (κ2) is 5.00. The van der Waals surface area contributed by atoms with E-state index in [2.05, 4.69) is 31.0 Å². The van der Waals surface area contributed by atoms with Crippen LogP contribution in [0.4, 0.5) is 0 Å². The van der Waals surface area contributed by atoms with Gasteiger partial charge in [-0.3, -0.25) is 4.79 Å². The normalized spacial score (nSPS) is 12.2. The number of hydrogen-bond acceptors (Lipinski definition) is 3. The van der Waals surface area contributed by atoms with Gasteiger partial charge < -0.3 is 4.57 Å². The fraction of sp³-hybridized carbons (Fsp3) is 0.200. The van der Waals surface area contributed by atoms with Crippen LogP contribution in [0.3, 0.4) is 0 Å². The summed E-state index contributed by atoms with van der Waals surface area (Å²) in [6.45, 7) is 4.20. The molecule has 0 aliphatic rings. The maximum absolute atomic E-state index is 12.1. The van der Waals surface area contributed by atoms with Gasteiger partial charge in [-0.15, -0.1) is 11.3 Å². The van der Waals surface area contributed by atoms with E-state index >= 15 is 0 Å². The third-order valence-electron chi connectivity index (χ3n) is 3.42. The van der Waals surface area contributed by atoms with E-state index in [1.165, 1.54) is 22.5 Å². The van der Waals surface area contributed by atoms with Crippen molar-refractivity contribution >= 4 is 38.8 Å². The standard InChI is InChI=1S/C15H14N2OS2/c1-9-6-7-11-13(10(9)2)17(3)15(20-11)16-14(18)12-5-4-8-19-12/h4-8H,1-3H3. The zero-order valence-electron chi connectivity index (χ0n) is 11.5. The Balaban J connectivity index is 2.21. The Morgan fingerprint density at radius 3 is 2.75 bits per heavy atom. The van der Waals surface area contributed by atoms with E-state index in [1.54, 1.807) is 17.4 Å². The molecule has 0 N–H and O–H groups in total. The Hall–Kier alpha value is -1.72. The fourth-order valence-electron chi connectivity index (χ4n) is 2.18. The lowest BCUT2D eigenvalue weighted by Crippen LogP contribution is -2.13. The maximum Gasteiger partial charge on any atom is 0.289 e. The Kier molecular flexibility index (Phi) is 3.31. The molecule has 2 aromatic heterocycles. The molecule has 3 aromatic rings. The summed E-state index contributed by atoms with van der Waals surface area (Å²) in [6, 6.07) is 7.88. The molecule has 0 aliphatic heterocycles. The van der Waals surface area contributed by atoms with Gasteiger partial charge in [0.2, 0.25) is 0 Å². The zero-order chi connectivity index (χ0) is 14.3. The second-order valence-electron chi connectivity index (χ2n) is 4.69. The molecule has 0 spiro atoms. The Morgan fingerprint density at radius 1 is 1.25 bits per heavy atom. The molecule has 1 amide bonds. The van der Waals surface area contributed by atoms with Crippen molar-refractivity contribution in [2.45, 2.75) is 13.8 Å². The summed E-state index contributed by atoms with van der Waals surface area (Å²) in [5, 5.41) is 1.89. The summed E-state index contributed by atoms with van der Waals surface area (Å²) in [5.74, 6) is -0.170. The number of benzene rings is 1. The molecule has 0 unspecified atom stereocenters. The number of carbonyl (C=O) groups excluding carboxylic acids is 1. The molecule has 3 nitrogen and oxygen atoms in total. The Morgan fingerprint density at radius 2 is 2.05 bits per heavy atom. The quantitative estimate of drug-likeness (QED) is 0.675.